The van der Waals surface area contributed by atoms with E-state index in [9.17, 15) is 4.79 Å². The molecule has 1 nitrogen and oxygen atoms in total. The van der Waals surface area contributed by atoms with Crippen molar-refractivity contribution >= 4 is 16.9 Å². The smallest absolute Gasteiger partial charge is 0.192 e. The van der Waals surface area contributed by atoms with Crippen LogP contribution in [0.15, 0.2) is 0 Å². The van der Waals surface area contributed by atoms with Gasteiger partial charge in [0.05, 0.1) is 0 Å². The molecule has 1 saturated heterocycles. The number of carbonyl (C=O) groups excluding carboxylic acids is 1. The monoisotopic (exact) mass is 214 g/mol. The Bertz CT molecular complexity index is 179. The molecule has 0 aromatic rings. The van der Waals surface area contributed by atoms with Gasteiger partial charge in [-0.15, -0.1) is 0 Å². The third-order valence-corrected chi connectivity index (χ3v) is 4.20. The first-order chi connectivity index (χ1) is 6.75. The fourth-order valence-corrected chi connectivity index (χ4v) is 3.26. The van der Waals surface area contributed by atoms with Crippen LogP contribution in [0.25, 0.3) is 0 Å². The van der Waals surface area contributed by atoms with Gasteiger partial charge in [-0.05, 0) is 18.8 Å². The Hall–Kier alpha value is 0.0200. The Balaban J connectivity index is 2.14. The van der Waals surface area contributed by atoms with Crippen molar-refractivity contribution < 1.29 is 4.79 Å². The molecule has 1 aliphatic rings. The molecule has 2 atom stereocenters. The maximum Gasteiger partial charge on any atom is 0.192 e. The summed E-state index contributed by atoms with van der Waals surface area (Å²) in [6.45, 7) is 4.49. The van der Waals surface area contributed by atoms with E-state index in [1.165, 1.54) is 43.9 Å². The maximum absolute atomic E-state index is 11.5. The van der Waals surface area contributed by atoms with Crippen LogP contribution in [-0.4, -0.2) is 10.9 Å². The van der Waals surface area contributed by atoms with E-state index in [2.05, 4.69) is 13.8 Å². The molecule has 2 heteroatoms. The zero-order chi connectivity index (χ0) is 10.4. The zero-order valence-electron chi connectivity index (χ0n) is 9.42. The highest BCUT2D eigenvalue weighted by Gasteiger charge is 2.29. The molecule has 0 aromatic heterocycles. The van der Waals surface area contributed by atoms with Crippen LogP contribution in [0.3, 0.4) is 0 Å². The third kappa shape index (κ3) is 3.64. The standard InChI is InChI=1S/C12H22OS/c1-3-4-5-6-7-10(2)11-8-9-14-12(11)13/h10-11H,3-9H2,1-2H3/t10?,11-/m1/s1. The highest BCUT2D eigenvalue weighted by Crippen LogP contribution is 2.33. The largest absolute Gasteiger partial charge is 0.287 e. The maximum atomic E-state index is 11.5. The molecule has 0 bridgehead atoms. The van der Waals surface area contributed by atoms with Gasteiger partial charge < -0.3 is 0 Å². The molecule has 0 saturated carbocycles. The van der Waals surface area contributed by atoms with Crippen LogP contribution in [0.2, 0.25) is 0 Å². The number of rotatable bonds is 6. The van der Waals surface area contributed by atoms with Gasteiger partial charge in [0.1, 0.15) is 0 Å². The number of unbranched alkanes of at least 4 members (excludes halogenated alkanes) is 3. The van der Waals surface area contributed by atoms with Crippen molar-refractivity contribution in [1.29, 1.82) is 0 Å². The zero-order valence-corrected chi connectivity index (χ0v) is 10.2. The molecule has 82 valence electrons. The molecule has 1 unspecified atom stereocenters. The molecular formula is C12H22OS. The first-order valence-corrected chi connectivity index (χ1v) is 6.91. The molecule has 14 heavy (non-hydrogen) atoms. The van der Waals surface area contributed by atoms with Crippen LogP contribution >= 0.6 is 11.8 Å². The van der Waals surface area contributed by atoms with Crippen LogP contribution in [-0.2, 0) is 4.79 Å². The molecule has 1 fully saturated rings. The van der Waals surface area contributed by atoms with Gasteiger partial charge in [-0.25, -0.2) is 0 Å². The summed E-state index contributed by atoms with van der Waals surface area (Å²) in [4.78, 5) is 11.5. The summed E-state index contributed by atoms with van der Waals surface area (Å²) < 4.78 is 0. The van der Waals surface area contributed by atoms with Gasteiger partial charge in [0.2, 0.25) is 0 Å². The lowest BCUT2D eigenvalue weighted by Crippen LogP contribution is -2.14. The second-order valence-electron chi connectivity index (χ2n) is 4.39. The number of hydrogen-bond acceptors (Lipinski definition) is 2. The van der Waals surface area contributed by atoms with E-state index >= 15 is 0 Å². The van der Waals surface area contributed by atoms with Crippen LogP contribution < -0.4 is 0 Å². The predicted octanol–water partition coefficient (Wildman–Crippen LogP) is 3.87. The van der Waals surface area contributed by atoms with Crippen LogP contribution in [0.5, 0.6) is 0 Å². The second kappa shape index (κ2) is 6.49. The minimum absolute atomic E-state index is 0.377. The van der Waals surface area contributed by atoms with Crippen LogP contribution in [0.4, 0.5) is 0 Å². The van der Waals surface area contributed by atoms with E-state index in [1.807, 2.05) is 0 Å². The van der Waals surface area contributed by atoms with Gasteiger partial charge in [0.15, 0.2) is 5.12 Å². The number of carbonyl (C=O) groups is 1. The topological polar surface area (TPSA) is 17.1 Å². The second-order valence-corrected chi connectivity index (χ2v) is 5.49. The lowest BCUT2D eigenvalue weighted by molar-refractivity contribution is -0.115. The summed E-state index contributed by atoms with van der Waals surface area (Å²) in [5.74, 6) is 2.05. The lowest BCUT2D eigenvalue weighted by atomic mass is 9.88. The summed E-state index contributed by atoms with van der Waals surface area (Å²) in [6, 6.07) is 0. The number of thioether (sulfide) groups is 1. The Kier molecular flexibility index (Phi) is 5.61. The molecule has 0 amide bonds. The van der Waals surface area contributed by atoms with Crippen molar-refractivity contribution in [3.63, 3.8) is 0 Å². The molecule has 0 spiro atoms. The van der Waals surface area contributed by atoms with Gasteiger partial charge in [-0.3, -0.25) is 4.79 Å². The predicted molar refractivity (Wildman–Crippen MR) is 63.5 cm³/mol. The molecular weight excluding hydrogens is 192 g/mol. The van der Waals surface area contributed by atoms with E-state index in [0.29, 0.717) is 17.0 Å². The van der Waals surface area contributed by atoms with Gasteiger partial charge in [-0.1, -0.05) is 51.3 Å². The summed E-state index contributed by atoms with van der Waals surface area (Å²) >= 11 is 1.54. The summed E-state index contributed by atoms with van der Waals surface area (Å²) in [6.07, 6.45) is 7.67. The Morgan fingerprint density at radius 3 is 2.79 bits per heavy atom. The van der Waals surface area contributed by atoms with Crippen molar-refractivity contribution in [1.82, 2.24) is 0 Å². The fraction of sp³-hybridized carbons (Fsp3) is 0.917. The van der Waals surface area contributed by atoms with Crippen molar-refractivity contribution in [3.05, 3.63) is 0 Å². The highest BCUT2D eigenvalue weighted by molar-refractivity contribution is 8.14. The average Bonchev–Trinajstić information content (AvgIpc) is 2.59. The van der Waals surface area contributed by atoms with E-state index in [0.717, 1.165) is 12.2 Å². The molecule has 0 radical (unpaired) electrons. The molecule has 1 aliphatic heterocycles. The van der Waals surface area contributed by atoms with Gasteiger partial charge >= 0.3 is 0 Å². The average molecular weight is 214 g/mol. The van der Waals surface area contributed by atoms with Gasteiger partial charge in [0.25, 0.3) is 0 Å². The van der Waals surface area contributed by atoms with Crippen molar-refractivity contribution in [2.75, 3.05) is 5.75 Å². The van der Waals surface area contributed by atoms with Crippen molar-refractivity contribution in [2.45, 2.75) is 52.4 Å². The minimum Gasteiger partial charge on any atom is -0.287 e. The minimum atomic E-state index is 0.377. The van der Waals surface area contributed by atoms with E-state index in [1.54, 1.807) is 0 Å². The molecule has 0 aliphatic carbocycles. The highest BCUT2D eigenvalue weighted by atomic mass is 32.2. The van der Waals surface area contributed by atoms with Crippen molar-refractivity contribution in [2.24, 2.45) is 11.8 Å². The van der Waals surface area contributed by atoms with E-state index in [4.69, 9.17) is 0 Å². The Morgan fingerprint density at radius 1 is 1.43 bits per heavy atom. The van der Waals surface area contributed by atoms with E-state index in [-0.39, 0.29) is 0 Å². The summed E-state index contributed by atoms with van der Waals surface area (Å²) in [5.41, 5.74) is 0. The molecule has 0 aromatic carbocycles. The van der Waals surface area contributed by atoms with Crippen LogP contribution in [0, 0.1) is 11.8 Å². The first-order valence-electron chi connectivity index (χ1n) is 5.92. The first kappa shape index (κ1) is 12.1. The lowest BCUT2D eigenvalue weighted by Gasteiger charge is -2.16. The molecule has 1 heterocycles. The van der Waals surface area contributed by atoms with E-state index < -0.39 is 0 Å². The fourth-order valence-electron chi connectivity index (χ4n) is 2.12. The molecule has 0 N–H and O–H groups in total. The SMILES string of the molecule is CCCCCCC(C)[C@H]1CCSC1=O. The summed E-state index contributed by atoms with van der Waals surface area (Å²) in [7, 11) is 0. The Morgan fingerprint density at radius 2 is 2.21 bits per heavy atom. The molecule has 1 rings (SSSR count). The normalized spacial score (nSPS) is 24.1. The quantitative estimate of drug-likeness (QED) is 0.624. The van der Waals surface area contributed by atoms with Gasteiger partial charge in [0, 0.05) is 11.7 Å². The Labute approximate surface area is 92.0 Å². The van der Waals surface area contributed by atoms with Crippen molar-refractivity contribution in [3.8, 4) is 0 Å². The number of hydrogen-bond donors (Lipinski definition) is 0. The van der Waals surface area contributed by atoms with Crippen LogP contribution in [0.1, 0.15) is 52.4 Å². The third-order valence-electron chi connectivity index (χ3n) is 3.18. The van der Waals surface area contributed by atoms with Gasteiger partial charge in [-0.2, -0.15) is 0 Å². The summed E-state index contributed by atoms with van der Waals surface area (Å²) in [5, 5.41) is 0.452.